The molecule has 3 aromatic rings. The van der Waals surface area contributed by atoms with Crippen LogP contribution in [0, 0.1) is 0 Å². The number of rotatable bonds is 8. The maximum atomic E-state index is 6.17. The standard InChI is InChI=1S/C24H28N2S/c1-19(17-23(26)18-25)27-24(20-11-5-2-6-12-20,21-13-7-3-8-14-21)22-15-9-4-10-16-22/h2-16,19,23H,17-18,25-26H2,1H3. The number of nitrogens with two attached hydrogens (primary N) is 2. The Morgan fingerprint density at radius 2 is 1.11 bits per heavy atom. The third-order valence-corrected chi connectivity index (χ3v) is 6.51. The minimum absolute atomic E-state index is 0.0209. The third kappa shape index (κ3) is 4.44. The van der Waals surface area contributed by atoms with Crippen molar-refractivity contribution in [3.8, 4) is 0 Å². The minimum atomic E-state index is -0.294. The van der Waals surface area contributed by atoms with Gasteiger partial charge in [-0.25, -0.2) is 0 Å². The van der Waals surface area contributed by atoms with E-state index in [0.29, 0.717) is 11.8 Å². The molecule has 0 spiro atoms. The predicted molar refractivity (Wildman–Crippen MR) is 118 cm³/mol. The average Bonchev–Trinajstić information content (AvgIpc) is 2.74. The van der Waals surface area contributed by atoms with E-state index in [9.17, 15) is 0 Å². The molecular weight excluding hydrogens is 348 g/mol. The number of hydrogen-bond acceptors (Lipinski definition) is 3. The highest BCUT2D eigenvalue weighted by molar-refractivity contribution is 8.01. The number of benzene rings is 3. The van der Waals surface area contributed by atoms with Crippen LogP contribution >= 0.6 is 11.8 Å². The quantitative estimate of drug-likeness (QED) is 0.557. The lowest BCUT2D eigenvalue weighted by atomic mass is 9.84. The van der Waals surface area contributed by atoms with E-state index >= 15 is 0 Å². The second-order valence-corrected chi connectivity index (χ2v) is 8.59. The van der Waals surface area contributed by atoms with E-state index in [4.69, 9.17) is 11.5 Å². The Labute approximate surface area is 167 Å². The van der Waals surface area contributed by atoms with Gasteiger partial charge in [-0.1, -0.05) is 97.9 Å². The summed E-state index contributed by atoms with van der Waals surface area (Å²) in [5, 5.41) is 0.351. The van der Waals surface area contributed by atoms with Crippen molar-refractivity contribution >= 4 is 11.8 Å². The molecule has 2 atom stereocenters. The first-order valence-electron chi connectivity index (χ1n) is 9.47. The van der Waals surface area contributed by atoms with Gasteiger partial charge in [0, 0.05) is 17.8 Å². The molecule has 2 unspecified atom stereocenters. The first kappa shape index (κ1) is 19.7. The zero-order chi connectivity index (χ0) is 19.1. The maximum absolute atomic E-state index is 6.17. The summed E-state index contributed by atoms with van der Waals surface area (Å²) in [5.41, 5.74) is 15.8. The van der Waals surface area contributed by atoms with Crippen molar-refractivity contribution in [2.45, 2.75) is 29.4 Å². The molecule has 0 fully saturated rings. The lowest BCUT2D eigenvalue weighted by molar-refractivity contribution is 0.618. The SMILES string of the molecule is CC(CC(N)CN)SC(c1ccccc1)(c1ccccc1)c1ccccc1. The van der Waals surface area contributed by atoms with Gasteiger partial charge in [-0.15, -0.1) is 11.8 Å². The van der Waals surface area contributed by atoms with Gasteiger partial charge < -0.3 is 11.5 Å². The van der Waals surface area contributed by atoms with Gasteiger partial charge in [0.15, 0.2) is 0 Å². The van der Waals surface area contributed by atoms with Crippen molar-refractivity contribution in [1.29, 1.82) is 0 Å². The van der Waals surface area contributed by atoms with Gasteiger partial charge in [0.1, 0.15) is 0 Å². The molecule has 0 aromatic heterocycles. The van der Waals surface area contributed by atoms with Gasteiger partial charge in [0.2, 0.25) is 0 Å². The molecule has 0 saturated carbocycles. The lowest BCUT2D eigenvalue weighted by Gasteiger charge is -2.38. The lowest BCUT2D eigenvalue weighted by Crippen LogP contribution is -2.34. The van der Waals surface area contributed by atoms with Crippen LogP contribution in [0.25, 0.3) is 0 Å². The smallest absolute Gasteiger partial charge is 0.0909 e. The van der Waals surface area contributed by atoms with E-state index in [2.05, 4.69) is 97.9 Å². The molecule has 0 heterocycles. The van der Waals surface area contributed by atoms with Crippen LogP contribution in [0.1, 0.15) is 30.0 Å². The van der Waals surface area contributed by atoms with Crippen LogP contribution < -0.4 is 11.5 Å². The topological polar surface area (TPSA) is 52.0 Å². The Hall–Kier alpha value is -2.07. The largest absolute Gasteiger partial charge is 0.329 e. The van der Waals surface area contributed by atoms with Gasteiger partial charge >= 0.3 is 0 Å². The minimum Gasteiger partial charge on any atom is -0.329 e. The van der Waals surface area contributed by atoms with Crippen molar-refractivity contribution in [3.63, 3.8) is 0 Å². The monoisotopic (exact) mass is 376 g/mol. The molecule has 0 aliphatic heterocycles. The van der Waals surface area contributed by atoms with Crippen molar-refractivity contribution in [2.24, 2.45) is 11.5 Å². The highest BCUT2D eigenvalue weighted by Gasteiger charge is 2.38. The summed E-state index contributed by atoms with van der Waals surface area (Å²) in [7, 11) is 0. The van der Waals surface area contributed by atoms with Crippen LogP contribution in [-0.2, 0) is 4.75 Å². The predicted octanol–water partition coefficient (Wildman–Crippen LogP) is 4.78. The van der Waals surface area contributed by atoms with E-state index in [1.165, 1.54) is 16.7 Å². The van der Waals surface area contributed by atoms with Crippen molar-refractivity contribution < 1.29 is 0 Å². The molecule has 0 aliphatic carbocycles. The van der Waals surface area contributed by atoms with Gasteiger partial charge in [0.05, 0.1) is 4.75 Å². The van der Waals surface area contributed by atoms with Gasteiger partial charge in [0.25, 0.3) is 0 Å². The molecule has 0 amide bonds. The molecule has 140 valence electrons. The Morgan fingerprint density at radius 3 is 1.44 bits per heavy atom. The molecule has 0 aliphatic rings. The molecule has 2 nitrogen and oxygen atoms in total. The Balaban J connectivity index is 2.17. The summed E-state index contributed by atoms with van der Waals surface area (Å²) < 4.78 is -0.294. The van der Waals surface area contributed by atoms with Gasteiger partial charge in [-0.3, -0.25) is 0 Å². The van der Waals surface area contributed by atoms with Crippen molar-refractivity contribution in [3.05, 3.63) is 108 Å². The fraction of sp³-hybridized carbons (Fsp3) is 0.250. The number of hydrogen-bond donors (Lipinski definition) is 2. The van der Waals surface area contributed by atoms with Gasteiger partial charge in [-0.05, 0) is 23.1 Å². The Bertz CT molecular complexity index is 709. The summed E-state index contributed by atoms with van der Waals surface area (Å²) >= 11 is 1.96. The highest BCUT2D eigenvalue weighted by Crippen LogP contribution is 2.50. The van der Waals surface area contributed by atoms with E-state index in [1.54, 1.807) is 0 Å². The van der Waals surface area contributed by atoms with E-state index in [1.807, 2.05) is 11.8 Å². The Morgan fingerprint density at radius 1 is 0.741 bits per heavy atom. The van der Waals surface area contributed by atoms with Crippen LogP contribution in [0.5, 0.6) is 0 Å². The van der Waals surface area contributed by atoms with Crippen LogP contribution in [0.15, 0.2) is 91.0 Å². The average molecular weight is 377 g/mol. The number of thioether (sulfide) groups is 1. The first-order chi connectivity index (χ1) is 13.2. The second-order valence-electron chi connectivity index (χ2n) is 6.94. The fourth-order valence-electron chi connectivity index (χ4n) is 3.60. The Kier molecular flexibility index (Phi) is 6.73. The molecule has 27 heavy (non-hydrogen) atoms. The summed E-state index contributed by atoms with van der Waals surface area (Å²) in [6.07, 6.45) is 0.884. The molecule has 0 saturated heterocycles. The molecule has 3 aromatic carbocycles. The van der Waals surface area contributed by atoms with Crippen LogP contribution in [0.2, 0.25) is 0 Å². The first-order valence-corrected chi connectivity index (χ1v) is 10.3. The highest BCUT2D eigenvalue weighted by atomic mass is 32.2. The van der Waals surface area contributed by atoms with E-state index in [-0.39, 0.29) is 10.8 Å². The van der Waals surface area contributed by atoms with Crippen LogP contribution in [-0.4, -0.2) is 17.8 Å². The van der Waals surface area contributed by atoms with Crippen molar-refractivity contribution in [2.75, 3.05) is 6.54 Å². The molecule has 3 heteroatoms. The summed E-state index contributed by atoms with van der Waals surface area (Å²) in [6, 6.07) is 32.3. The fourth-order valence-corrected chi connectivity index (χ4v) is 5.36. The van der Waals surface area contributed by atoms with E-state index < -0.39 is 0 Å². The molecule has 0 bridgehead atoms. The molecular formula is C24H28N2S. The second kappa shape index (κ2) is 9.23. The van der Waals surface area contributed by atoms with Gasteiger partial charge in [-0.2, -0.15) is 0 Å². The maximum Gasteiger partial charge on any atom is 0.0909 e. The van der Waals surface area contributed by atoms with E-state index in [0.717, 1.165) is 6.42 Å². The molecule has 0 radical (unpaired) electrons. The third-order valence-electron chi connectivity index (χ3n) is 4.86. The summed E-state index contributed by atoms with van der Waals surface area (Å²) in [4.78, 5) is 0. The summed E-state index contributed by atoms with van der Waals surface area (Å²) in [6.45, 7) is 2.77. The van der Waals surface area contributed by atoms with Crippen molar-refractivity contribution in [1.82, 2.24) is 0 Å². The van der Waals surface area contributed by atoms with Crippen LogP contribution in [0.3, 0.4) is 0 Å². The molecule has 3 rings (SSSR count). The zero-order valence-electron chi connectivity index (χ0n) is 15.8. The normalized spacial score (nSPS) is 13.9. The van der Waals surface area contributed by atoms with Crippen LogP contribution in [0.4, 0.5) is 0 Å². The zero-order valence-corrected chi connectivity index (χ0v) is 16.6. The molecule has 4 N–H and O–H groups in total. The summed E-state index contributed by atoms with van der Waals surface area (Å²) in [5.74, 6) is 0.